The summed E-state index contributed by atoms with van der Waals surface area (Å²) in [5, 5.41) is 3.93. The summed E-state index contributed by atoms with van der Waals surface area (Å²) in [6, 6.07) is 13.6. The third kappa shape index (κ3) is 4.01. The van der Waals surface area contributed by atoms with E-state index in [9.17, 15) is 9.18 Å². The molecule has 1 aromatic heterocycles. The molecule has 2 aromatic carbocycles. The summed E-state index contributed by atoms with van der Waals surface area (Å²) in [5.41, 5.74) is 3.25. The summed E-state index contributed by atoms with van der Waals surface area (Å²) in [5.74, 6) is 1.04. The normalized spacial score (nSPS) is 16.2. The number of likely N-dealkylation sites (tertiary alicyclic amines) is 1. The average molecular weight is 394 g/mol. The van der Waals surface area contributed by atoms with E-state index in [4.69, 9.17) is 9.26 Å². The maximum Gasteiger partial charge on any atom is 0.254 e. The first-order valence-electron chi connectivity index (χ1n) is 9.74. The summed E-state index contributed by atoms with van der Waals surface area (Å²) >= 11 is 0. The quantitative estimate of drug-likeness (QED) is 0.612. The molecular weight excluding hydrogens is 371 g/mol. The molecule has 1 amide bonds. The second-order valence-corrected chi connectivity index (χ2v) is 7.33. The number of amides is 1. The molecule has 4 rings (SSSR count). The highest BCUT2D eigenvalue weighted by atomic mass is 19.1. The molecule has 1 atom stereocenters. The molecule has 1 fully saturated rings. The number of nitrogens with zero attached hydrogens (tertiary/aromatic N) is 2. The molecular formula is C23H23FN2O3. The molecule has 6 heteroatoms. The van der Waals surface area contributed by atoms with Crippen molar-refractivity contribution in [3.05, 3.63) is 82.5 Å². The Morgan fingerprint density at radius 3 is 2.76 bits per heavy atom. The van der Waals surface area contributed by atoms with Gasteiger partial charge in [-0.2, -0.15) is 0 Å². The fraction of sp³-hybridized carbons (Fsp3) is 0.304. The Morgan fingerprint density at radius 1 is 1.24 bits per heavy atom. The van der Waals surface area contributed by atoms with Gasteiger partial charge in [0.15, 0.2) is 0 Å². The highest BCUT2D eigenvalue weighted by molar-refractivity contribution is 5.95. The van der Waals surface area contributed by atoms with E-state index in [2.05, 4.69) is 5.16 Å². The van der Waals surface area contributed by atoms with Gasteiger partial charge in [0.1, 0.15) is 23.9 Å². The van der Waals surface area contributed by atoms with Crippen LogP contribution in [0.5, 0.6) is 5.75 Å². The topological polar surface area (TPSA) is 55.6 Å². The smallest absolute Gasteiger partial charge is 0.254 e. The molecule has 1 aliphatic rings. The molecule has 5 nitrogen and oxygen atoms in total. The molecule has 1 aliphatic heterocycles. The van der Waals surface area contributed by atoms with E-state index in [1.54, 1.807) is 24.3 Å². The summed E-state index contributed by atoms with van der Waals surface area (Å²) in [6.45, 7) is 4.74. The van der Waals surface area contributed by atoms with Crippen LogP contribution in [0.25, 0.3) is 0 Å². The lowest BCUT2D eigenvalue weighted by Crippen LogP contribution is -2.30. The average Bonchev–Trinajstić information content (AvgIpc) is 3.34. The molecule has 1 saturated heterocycles. The summed E-state index contributed by atoms with van der Waals surface area (Å²) in [4.78, 5) is 15.0. The second-order valence-electron chi connectivity index (χ2n) is 7.33. The van der Waals surface area contributed by atoms with Crippen LogP contribution in [0.1, 0.15) is 51.8 Å². The van der Waals surface area contributed by atoms with Gasteiger partial charge >= 0.3 is 0 Å². The highest BCUT2D eigenvalue weighted by Gasteiger charge is 2.30. The van der Waals surface area contributed by atoms with Crippen LogP contribution in [0.15, 0.2) is 53.1 Å². The van der Waals surface area contributed by atoms with Crippen LogP contribution >= 0.6 is 0 Å². The molecule has 0 bridgehead atoms. The van der Waals surface area contributed by atoms with Crippen molar-refractivity contribution in [2.75, 3.05) is 6.54 Å². The number of halogens is 1. The van der Waals surface area contributed by atoms with Gasteiger partial charge < -0.3 is 14.2 Å². The van der Waals surface area contributed by atoms with Gasteiger partial charge in [-0.15, -0.1) is 0 Å². The van der Waals surface area contributed by atoms with E-state index in [0.717, 1.165) is 35.4 Å². The minimum absolute atomic E-state index is 0.0324. The third-order valence-corrected chi connectivity index (χ3v) is 5.41. The number of ether oxygens (including phenoxy) is 1. The summed E-state index contributed by atoms with van der Waals surface area (Å²) in [7, 11) is 0. The zero-order chi connectivity index (χ0) is 20.4. The Labute approximate surface area is 169 Å². The minimum atomic E-state index is -0.271. The predicted molar refractivity (Wildman–Crippen MR) is 106 cm³/mol. The molecule has 0 N–H and O–H groups in total. The van der Waals surface area contributed by atoms with Gasteiger partial charge in [-0.05, 0) is 62.6 Å². The fourth-order valence-corrected chi connectivity index (χ4v) is 3.79. The Balaban J connectivity index is 1.50. The van der Waals surface area contributed by atoms with Gasteiger partial charge in [0.25, 0.3) is 5.91 Å². The van der Waals surface area contributed by atoms with Gasteiger partial charge in [0.05, 0.1) is 17.3 Å². The monoisotopic (exact) mass is 394 g/mol. The van der Waals surface area contributed by atoms with Crippen LogP contribution in [-0.2, 0) is 6.61 Å². The standard InChI is InChI=1S/C23H23FN2O3/c1-15-21(16(2)29-25-15)14-28-20-6-3-5-18(13-20)23(27)26-12-4-7-22(26)17-8-10-19(24)11-9-17/h3,5-6,8-11,13,22H,4,7,12,14H2,1-2H3. The largest absolute Gasteiger partial charge is 0.489 e. The van der Waals surface area contributed by atoms with E-state index in [-0.39, 0.29) is 17.8 Å². The molecule has 3 aromatic rings. The molecule has 0 aliphatic carbocycles. The van der Waals surface area contributed by atoms with Gasteiger partial charge in [0, 0.05) is 12.1 Å². The van der Waals surface area contributed by atoms with Crippen molar-refractivity contribution in [1.29, 1.82) is 0 Å². The van der Waals surface area contributed by atoms with Crippen molar-refractivity contribution in [1.82, 2.24) is 10.1 Å². The summed E-state index contributed by atoms with van der Waals surface area (Å²) < 4.78 is 24.3. The molecule has 0 spiro atoms. The maximum atomic E-state index is 13.3. The van der Waals surface area contributed by atoms with Crippen LogP contribution in [0.2, 0.25) is 0 Å². The molecule has 0 radical (unpaired) electrons. The second kappa shape index (κ2) is 8.07. The van der Waals surface area contributed by atoms with Gasteiger partial charge in [-0.1, -0.05) is 23.4 Å². The lowest BCUT2D eigenvalue weighted by atomic mass is 10.0. The number of aromatic nitrogens is 1. The van der Waals surface area contributed by atoms with E-state index < -0.39 is 0 Å². The highest BCUT2D eigenvalue weighted by Crippen LogP contribution is 2.33. The molecule has 29 heavy (non-hydrogen) atoms. The van der Waals surface area contributed by atoms with Crippen molar-refractivity contribution in [3.63, 3.8) is 0 Å². The third-order valence-electron chi connectivity index (χ3n) is 5.41. The predicted octanol–water partition coefficient (Wildman–Crippen LogP) is 4.99. The van der Waals surface area contributed by atoms with Crippen LogP contribution in [0, 0.1) is 19.7 Å². The van der Waals surface area contributed by atoms with Crippen LogP contribution in [0.4, 0.5) is 4.39 Å². The number of benzene rings is 2. The zero-order valence-corrected chi connectivity index (χ0v) is 16.5. The van der Waals surface area contributed by atoms with Crippen molar-refractivity contribution in [2.24, 2.45) is 0 Å². The molecule has 0 saturated carbocycles. The Bertz CT molecular complexity index is 994. The number of carbonyl (C=O) groups is 1. The maximum absolute atomic E-state index is 13.3. The fourth-order valence-electron chi connectivity index (χ4n) is 3.79. The van der Waals surface area contributed by atoms with Crippen LogP contribution in [0.3, 0.4) is 0 Å². The van der Waals surface area contributed by atoms with E-state index in [0.29, 0.717) is 24.5 Å². The number of rotatable bonds is 5. The summed E-state index contributed by atoms with van der Waals surface area (Å²) in [6.07, 6.45) is 1.80. The molecule has 150 valence electrons. The number of carbonyl (C=O) groups excluding carboxylic acids is 1. The number of hydrogen-bond acceptors (Lipinski definition) is 4. The minimum Gasteiger partial charge on any atom is -0.489 e. The number of hydrogen-bond donors (Lipinski definition) is 0. The van der Waals surface area contributed by atoms with Crippen molar-refractivity contribution < 1.29 is 18.4 Å². The van der Waals surface area contributed by atoms with Crippen molar-refractivity contribution >= 4 is 5.91 Å². The van der Waals surface area contributed by atoms with Crippen LogP contribution < -0.4 is 4.74 Å². The van der Waals surface area contributed by atoms with Crippen LogP contribution in [-0.4, -0.2) is 22.5 Å². The first kappa shape index (κ1) is 19.2. The first-order chi connectivity index (χ1) is 14.0. The SMILES string of the molecule is Cc1noc(C)c1COc1cccc(C(=O)N2CCCC2c2ccc(F)cc2)c1. The van der Waals surface area contributed by atoms with Gasteiger partial charge in [-0.25, -0.2) is 4.39 Å². The van der Waals surface area contributed by atoms with Crippen molar-refractivity contribution in [2.45, 2.75) is 39.3 Å². The Morgan fingerprint density at radius 2 is 2.03 bits per heavy atom. The van der Waals surface area contributed by atoms with Gasteiger partial charge in [0.2, 0.25) is 0 Å². The molecule has 2 heterocycles. The molecule has 1 unspecified atom stereocenters. The Hall–Kier alpha value is -3.15. The van der Waals surface area contributed by atoms with E-state index in [1.165, 1.54) is 12.1 Å². The lowest BCUT2D eigenvalue weighted by molar-refractivity contribution is 0.0735. The van der Waals surface area contributed by atoms with Gasteiger partial charge in [-0.3, -0.25) is 4.79 Å². The first-order valence-corrected chi connectivity index (χ1v) is 9.74. The zero-order valence-electron chi connectivity index (χ0n) is 16.5. The van der Waals surface area contributed by atoms with E-state index >= 15 is 0 Å². The van der Waals surface area contributed by atoms with E-state index in [1.807, 2.05) is 30.9 Å². The van der Waals surface area contributed by atoms with Crippen molar-refractivity contribution in [3.8, 4) is 5.75 Å². The lowest BCUT2D eigenvalue weighted by Gasteiger charge is -2.25. The Kier molecular flexibility index (Phi) is 5.34. The number of aryl methyl sites for hydroxylation is 2.